The number of hydrogen-bond acceptors (Lipinski definition) is 9. The molecule has 0 aliphatic carbocycles. The molecule has 1 N–H and O–H groups in total. The maximum atomic E-state index is 12.9. The standard InChI is InChI=1S/C21H22N4O5S/c1-4-25-20(26)19(22-14-6-8-16-18(10-14)30-12-29-16)23-24-21(25)31-11-13-5-7-15(27-2)17(9-13)28-3/h5-10H,4,11-12H2,1-3H3,(H,22,23). The largest absolute Gasteiger partial charge is 0.493 e. The average molecular weight is 442 g/mol. The van der Waals surface area contributed by atoms with Crippen molar-refractivity contribution in [2.24, 2.45) is 0 Å². The van der Waals surface area contributed by atoms with E-state index in [4.69, 9.17) is 18.9 Å². The number of nitrogens with one attached hydrogen (secondary N) is 1. The molecule has 1 aromatic heterocycles. The zero-order valence-corrected chi connectivity index (χ0v) is 18.2. The first kappa shape index (κ1) is 20.9. The summed E-state index contributed by atoms with van der Waals surface area (Å²) in [5, 5.41) is 12.0. The fourth-order valence-corrected chi connectivity index (χ4v) is 4.04. The van der Waals surface area contributed by atoms with Crippen molar-refractivity contribution in [1.29, 1.82) is 0 Å². The maximum absolute atomic E-state index is 12.9. The van der Waals surface area contributed by atoms with Crippen LogP contribution in [0, 0.1) is 0 Å². The van der Waals surface area contributed by atoms with Gasteiger partial charge < -0.3 is 24.3 Å². The number of nitrogens with zero attached hydrogens (tertiary/aromatic N) is 3. The third-order valence-electron chi connectivity index (χ3n) is 4.68. The SMILES string of the molecule is CCn1c(SCc2ccc(OC)c(OC)c2)nnc(Nc2ccc3c(c2)OCO3)c1=O. The molecular weight excluding hydrogens is 420 g/mol. The molecule has 0 saturated carbocycles. The summed E-state index contributed by atoms with van der Waals surface area (Å²) >= 11 is 1.43. The van der Waals surface area contributed by atoms with Gasteiger partial charge in [0, 0.05) is 24.1 Å². The maximum Gasteiger partial charge on any atom is 0.297 e. The monoisotopic (exact) mass is 442 g/mol. The Kier molecular flexibility index (Phi) is 6.17. The van der Waals surface area contributed by atoms with E-state index in [0.29, 0.717) is 46.1 Å². The van der Waals surface area contributed by atoms with Crippen molar-refractivity contribution in [2.75, 3.05) is 26.3 Å². The third-order valence-corrected chi connectivity index (χ3v) is 5.72. The lowest BCUT2D eigenvalue weighted by molar-refractivity contribution is 0.174. The van der Waals surface area contributed by atoms with E-state index in [1.807, 2.05) is 25.1 Å². The first-order valence-electron chi connectivity index (χ1n) is 9.60. The topological polar surface area (TPSA) is 96.7 Å². The predicted octanol–water partition coefficient (Wildman–Crippen LogP) is 3.44. The Hall–Kier alpha value is -3.40. The summed E-state index contributed by atoms with van der Waals surface area (Å²) in [6.45, 7) is 2.56. The molecule has 31 heavy (non-hydrogen) atoms. The molecule has 0 amide bonds. The van der Waals surface area contributed by atoms with Gasteiger partial charge in [-0.25, -0.2) is 0 Å². The van der Waals surface area contributed by atoms with Gasteiger partial charge in [0.05, 0.1) is 14.2 Å². The highest BCUT2D eigenvalue weighted by Gasteiger charge is 2.16. The van der Waals surface area contributed by atoms with Crippen molar-refractivity contribution in [3.05, 3.63) is 52.3 Å². The van der Waals surface area contributed by atoms with Crippen molar-refractivity contribution in [1.82, 2.24) is 14.8 Å². The zero-order chi connectivity index (χ0) is 21.8. The molecule has 0 fully saturated rings. The highest BCUT2D eigenvalue weighted by Crippen LogP contribution is 2.35. The number of ether oxygens (including phenoxy) is 4. The number of rotatable bonds is 8. The number of thioether (sulfide) groups is 1. The molecule has 0 spiro atoms. The summed E-state index contributed by atoms with van der Waals surface area (Å²) in [6.07, 6.45) is 0. The normalized spacial score (nSPS) is 12.0. The van der Waals surface area contributed by atoms with Crippen molar-refractivity contribution in [3.63, 3.8) is 0 Å². The number of aromatic nitrogens is 3. The Balaban J connectivity index is 1.52. The summed E-state index contributed by atoms with van der Waals surface area (Å²) in [5.41, 5.74) is 1.44. The summed E-state index contributed by atoms with van der Waals surface area (Å²) < 4.78 is 22.9. The molecule has 0 unspecified atom stereocenters. The minimum atomic E-state index is -0.245. The van der Waals surface area contributed by atoms with Gasteiger partial charge in [0.2, 0.25) is 12.6 Å². The van der Waals surface area contributed by atoms with Crippen LogP contribution in [-0.2, 0) is 12.3 Å². The van der Waals surface area contributed by atoms with E-state index < -0.39 is 0 Å². The molecule has 0 atom stereocenters. The molecule has 162 valence electrons. The second kappa shape index (κ2) is 9.17. The quantitative estimate of drug-likeness (QED) is 0.526. The van der Waals surface area contributed by atoms with Crippen molar-refractivity contribution in [3.8, 4) is 23.0 Å². The average Bonchev–Trinajstić information content (AvgIpc) is 3.27. The predicted molar refractivity (Wildman–Crippen MR) is 117 cm³/mol. The Morgan fingerprint density at radius 1 is 1.06 bits per heavy atom. The van der Waals surface area contributed by atoms with Gasteiger partial charge >= 0.3 is 0 Å². The number of anilines is 2. The molecule has 9 nitrogen and oxygen atoms in total. The second-order valence-electron chi connectivity index (χ2n) is 6.55. The van der Waals surface area contributed by atoms with Crippen LogP contribution in [-0.4, -0.2) is 35.8 Å². The van der Waals surface area contributed by atoms with Gasteiger partial charge in [0.15, 0.2) is 28.2 Å². The summed E-state index contributed by atoms with van der Waals surface area (Å²) in [7, 11) is 3.20. The lowest BCUT2D eigenvalue weighted by Gasteiger charge is -2.12. The molecule has 0 saturated heterocycles. The zero-order valence-electron chi connectivity index (χ0n) is 17.4. The minimum Gasteiger partial charge on any atom is -0.493 e. The van der Waals surface area contributed by atoms with Crippen LogP contribution >= 0.6 is 11.8 Å². The van der Waals surface area contributed by atoms with Crippen LogP contribution in [0.15, 0.2) is 46.3 Å². The van der Waals surface area contributed by atoms with E-state index in [1.54, 1.807) is 37.0 Å². The van der Waals surface area contributed by atoms with Gasteiger partial charge in [-0.05, 0) is 36.8 Å². The molecule has 2 aromatic carbocycles. The summed E-state index contributed by atoms with van der Waals surface area (Å²) in [5.74, 6) is 3.36. The van der Waals surface area contributed by atoms with E-state index in [2.05, 4.69) is 15.5 Å². The van der Waals surface area contributed by atoms with Gasteiger partial charge in [-0.3, -0.25) is 9.36 Å². The number of benzene rings is 2. The Morgan fingerprint density at radius 3 is 2.65 bits per heavy atom. The molecule has 3 aromatic rings. The molecule has 4 rings (SSSR count). The van der Waals surface area contributed by atoms with E-state index in [1.165, 1.54) is 11.8 Å². The van der Waals surface area contributed by atoms with Gasteiger partial charge in [-0.2, -0.15) is 0 Å². The minimum absolute atomic E-state index is 0.149. The van der Waals surface area contributed by atoms with Crippen LogP contribution < -0.4 is 29.8 Å². The molecule has 10 heteroatoms. The van der Waals surface area contributed by atoms with Gasteiger partial charge in [0.1, 0.15) is 0 Å². The van der Waals surface area contributed by atoms with Crippen molar-refractivity contribution in [2.45, 2.75) is 24.4 Å². The van der Waals surface area contributed by atoms with Crippen LogP contribution in [0.2, 0.25) is 0 Å². The molecule has 2 heterocycles. The molecule has 0 radical (unpaired) electrons. The fourth-order valence-electron chi connectivity index (χ4n) is 3.10. The second-order valence-corrected chi connectivity index (χ2v) is 7.49. The van der Waals surface area contributed by atoms with Crippen molar-refractivity contribution >= 4 is 23.3 Å². The highest BCUT2D eigenvalue weighted by molar-refractivity contribution is 7.98. The summed E-state index contributed by atoms with van der Waals surface area (Å²) in [6, 6.07) is 11.1. The third kappa shape index (κ3) is 4.38. The first-order valence-corrected chi connectivity index (χ1v) is 10.6. The smallest absolute Gasteiger partial charge is 0.297 e. The fraction of sp³-hybridized carbons (Fsp3) is 0.286. The van der Waals surface area contributed by atoms with Gasteiger partial charge in [-0.1, -0.05) is 17.8 Å². The molecule has 0 bridgehead atoms. The van der Waals surface area contributed by atoms with E-state index in [-0.39, 0.29) is 18.2 Å². The molecular formula is C21H22N4O5S. The molecule has 1 aliphatic heterocycles. The van der Waals surface area contributed by atoms with E-state index in [9.17, 15) is 4.79 Å². The first-order chi connectivity index (χ1) is 15.1. The van der Waals surface area contributed by atoms with Gasteiger partial charge in [0.25, 0.3) is 5.56 Å². The lowest BCUT2D eigenvalue weighted by atomic mass is 10.2. The van der Waals surface area contributed by atoms with Crippen LogP contribution in [0.3, 0.4) is 0 Å². The summed E-state index contributed by atoms with van der Waals surface area (Å²) in [4.78, 5) is 12.9. The number of methoxy groups -OCH3 is 2. The van der Waals surface area contributed by atoms with Gasteiger partial charge in [-0.15, -0.1) is 10.2 Å². The number of hydrogen-bond donors (Lipinski definition) is 1. The Bertz CT molecular complexity index is 1150. The Labute approximate surface area is 183 Å². The van der Waals surface area contributed by atoms with Crippen LogP contribution in [0.1, 0.15) is 12.5 Å². The van der Waals surface area contributed by atoms with Crippen LogP contribution in [0.4, 0.5) is 11.5 Å². The van der Waals surface area contributed by atoms with Crippen LogP contribution in [0.25, 0.3) is 0 Å². The lowest BCUT2D eigenvalue weighted by Crippen LogP contribution is -2.26. The van der Waals surface area contributed by atoms with E-state index in [0.717, 1.165) is 5.56 Å². The van der Waals surface area contributed by atoms with Crippen molar-refractivity contribution < 1.29 is 18.9 Å². The highest BCUT2D eigenvalue weighted by atomic mass is 32.2. The Morgan fingerprint density at radius 2 is 1.87 bits per heavy atom. The van der Waals surface area contributed by atoms with E-state index >= 15 is 0 Å². The van der Waals surface area contributed by atoms with Crippen LogP contribution in [0.5, 0.6) is 23.0 Å². The number of fused-ring (bicyclic) bond motifs is 1. The molecule has 1 aliphatic rings.